The van der Waals surface area contributed by atoms with Gasteiger partial charge in [-0.25, -0.2) is 8.78 Å². The lowest BCUT2D eigenvalue weighted by Crippen LogP contribution is -2.61. The molecular weight excluding hydrogens is 372 g/mol. The second-order valence-electron chi connectivity index (χ2n) is 4.51. The lowest BCUT2D eigenvalue weighted by Gasteiger charge is -2.31. The number of alkyl halides is 6. The number of halogens is 8. The summed E-state index contributed by atoms with van der Waals surface area (Å²) in [5.41, 5.74) is -4.61. The van der Waals surface area contributed by atoms with E-state index >= 15 is 0 Å². The van der Waals surface area contributed by atoms with Gasteiger partial charge in [-0.1, -0.05) is 0 Å². The molecule has 0 bridgehead atoms. The number of amides is 1. The van der Waals surface area contributed by atoms with Crippen molar-refractivity contribution in [2.75, 3.05) is 12.3 Å². The summed E-state index contributed by atoms with van der Waals surface area (Å²) in [6.45, 7) is -0.782. The van der Waals surface area contributed by atoms with Crippen LogP contribution in [0.25, 0.3) is 0 Å². The van der Waals surface area contributed by atoms with Crippen LogP contribution in [0.3, 0.4) is 0 Å². The highest BCUT2D eigenvalue weighted by Crippen LogP contribution is 2.37. The van der Waals surface area contributed by atoms with E-state index in [1.165, 1.54) is 0 Å². The summed E-state index contributed by atoms with van der Waals surface area (Å²) in [5, 5.41) is 1.59. The molecule has 0 aliphatic carbocycles. The first kappa shape index (κ1) is 20.5. The van der Waals surface area contributed by atoms with E-state index in [1.54, 1.807) is 5.32 Å². The highest BCUT2D eigenvalue weighted by molar-refractivity contribution is 8.00. The van der Waals surface area contributed by atoms with E-state index in [0.29, 0.717) is 0 Å². The van der Waals surface area contributed by atoms with E-state index in [0.717, 1.165) is 0 Å². The van der Waals surface area contributed by atoms with E-state index in [-0.39, 0.29) is 18.2 Å². The monoisotopic (exact) mass is 382 g/mol. The van der Waals surface area contributed by atoms with Crippen molar-refractivity contribution >= 4 is 17.7 Å². The number of hydrogen-bond donors (Lipinski definition) is 2. The molecule has 0 aliphatic heterocycles. The molecule has 0 fully saturated rings. The molecular formula is C12H10F8N2OS. The van der Waals surface area contributed by atoms with Gasteiger partial charge in [0.1, 0.15) is 11.6 Å². The molecule has 0 radical (unpaired) electrons. The molecule has 136 valence electrons. The van der Waals surface area contributed by atoms with Crippen LogP contribution in [0.15, 0.2) is 18.2 Å². The summed E-state index contributed by atoms with van der Waals surface area (Å²) in [6, 6.07) is 0.722. The lowest BCUT2D eigenvalue weighted by atomic mass is 9.89. The molecule has 1 aromatic rings. The molecule has 0 heterocycles. The average Bonchev–Trinajstić information content (AvgIpc) is 2.38. The third-order valence-electron chi connectivity index (χ3n) is 2.78. The Morgan fingerprint density at radius 3 is 1.96 bits per heavy atom. The third-order valence-corrected chi connectivity index (χ3v) is 3.51. The van der Waals surface area contributed by atoms with E-state index in [9.17, 15) is 39.9 Å². The molecule has 3 N–H and O–H groups in total. The van der Waals surface area contributed by atoms with Crippen LogP contribution in [0, 0.1) is 11.6 Å². The number of carbonyl (C=O) groups excluding carboxylic acids is 1. The van der Waals surface area contributed by atoms with Crippen LogP contribution in [-0.4, -0.2) is 29.9 Å². The number of benzene rings is 1. The molecule has 24 heavy (non-hydrogen) atoms. The van der Waals surface area contributed by atoms with Gasteiger partial charge in [0, 0.05) is 18.4 Å². The summed E-state index contributed by atoms with van der Waals surface area (Å²) < 4.78 is 102. The molecule has 1 unspecified atom stereocenters. The average molecular weight is 382 g/mol. The number of hydrogen-bond acceptors (Lipinski definition) is 3. The summed E-state index contributed by atoms with van der Waals surface area (Å²) in [6.07, 6.45) is -5.45. The van der Waals surface area contributed by atoms with Crippen molar-refractivity contribution in [1.29, 1.82) is 0 Å². The lowest BCUT2D eigenvalue weighted by molar-refractivity contribution is -0.194. The minimum atomic E-state index is -5.45. The zero-order chi connectivity index (χ0) is 18.8. The quantitative estimate of drug-likeness (QED) is 0.608. The molecule has 0 saturated heterocycles. The maximum atomic E-state index is 13.2. The molecule has 1 aromatic carbocycles. The predicted octanol–water partition coefficient (Wildman–Crippen LogP) is 3.05. The van der Waals surface area contributed by atoms with Gasteiger partial charge in [0.15, 0.2) is 0 Å². The number of nitrogens with one attached hydrogen (secondary N) is 1. The minimum absolute atomic E-state index is 0.223. The largest absolute Gasteiger partial charge is 0.441 e. The zero-order valence-electron chi connectivity index (χ0n) is 11.6. The summed E-state index contributed by atoms with van der Waals surface area (Å²) in [7, 11) is 0. The topological polar surface area (TPSA) is 55.1 Å². The standard InChI is InChI=1S/C12H10F8N2OS/c13-7-3-6(4-8(14)5-7)10(21,11(15,16)17)9(23)22-1-2-24-12(18,19)20/h3-5H,1-2,21H2,(H,22,23). The van der Waals surface area contributed by atoms with Gasteiger partial charge in [0.2, 0.25) is 5.54 Å². The molecule has 1 amide bonds. The Morgan fingerprint density at radius 2 is 1.54 bits per heavy atom. The highest BCUT2D eigenvalue weighted by atomic mass is 32.2. The van der Waals surface area contributed by atoms with Crippen LogP contribution in [0.5, 0.6) is 0 Å². The van der Waals surface area contributed by atoms with E-state index in [1.807, 2.05) is 0 Å². The SMILES string of the molecule is NC(C(=O)NCCSC(F)(F)F)(c1cc(F)cc(F)c1)C(F)(F)F. The van der Waals surface area contributed by atoms with Crippen molar-refractivity contribution in [3.8, 4) is 0 Å². The van der Waals surface area contributed by atoms with Crippen molar-refractivity contribution in [2.45, 2.75) is 17.2 Å². The summed E-state index contributed by atoms with van der Waals surface area (Å²) in [5.74, 6) is -5.49. The number of nitrogens with two attached hydrogens (primary N) is 1. The first-order valence-electron chi connectivity index (χ1n) is 6.08. The fourth-order valence-electron chi connectivity index (χ4n) is 1.68. The number of carbonyl (C=O) groups is 1. The summed E-state index contributed by atoms with van der Waals surface area (Å²) in [4.78, 5) is 11.8. The fourth-order valence-corrected chi connectivity index (χ4v) is 2.11. The van der Waals surface area contributed by atoms with Crippen molar-refractivity contribution in [2.24, 2.45) is 5.73 Å². The van der Waals surface area contributed by atoms with Crippen LogP contribution in [0.4, 0.5) is 35.1 Å². The Morgan fingerprint density at radius 1 is 1.04 bits per heavy atom. The Balaban J connectivity index is 3.02. The Bertz CT molecular complexity index is 583. The second kappa shape index (κ2) is 7.13. The third kappa shape index (κ3) is 4.97. The van der Waals surface area contributed by atoms with Gasteiger partial charge in [-0.05, 0) is 29.5 Å². The van der Waals surface area contributed by atoms with Crippen LogP contribution in [0.1, 0.15) is 5.56 Å². The van der Waals surface area contributed by atoms with Crippen molar-refractivity contribution in [3.05, 3.63) is 35.4 Å². The smallest absolute Gasteiger partial charge is 0.353 e. The molecule has 0 aliphatic rings. The fraction of sp³-hybridized carbons (Fsp3) is 0.417. The number of thioether (sulfide) groups is 1. The molecule has 1 atom stereocenters. The van der Waals surface area contributed by atoms with Gasteiger partial charge >= 0.3 is 11.7 Å². The van der Waals surface area contributed by atoms with Crippen molar-refractivity contribution in [3.63, 3.8) is 0 Å². The Hall–Kier alpha value is -1.56. The highest BCUT2D eigenvalue weighted by Gasteiger charge is 2.59. The van der Waals surface area contributed by atoms with Crippen LogP contribution >= 0.6 is 11.8 Å². The normalized spacial score (nSPS) is 15.0. The first-order valence-corrected chi connectivity index (χ1v) is 7.07. The molecule has 1 rings (SSSR count). The van der Waals surface area contributed by atoms with Gasteiger partial charge in [-0.15, -0.1) is 0 Å². The Labute approximate surface area is 134 Å². The number of rotatable bonds is 5. The van der Waals surface area contributed by atoms with E-state index in [4.69, 9.17) is 5.73 Å². The van der Waals surface area contributed by atoms with Gasteiger partial charge in [-0.2, -0.15) is 26.3 Å². The van der Waals surface area contributed by atoms with Gasteiger partial charge in [-0.3, -0.25) is 4.79 Å². The van der Waals surface area contributed by atoms with Crippen LogP contribution < -0.4 is 11.1 Å². The summed E-state index contributed by atoms with van der Waals surface area (Å²) >= 11 is -0.562. The van der Waals surface area contributed by atoms with Gasteiger partial charge < -0.3 is 11.1 Å². The molecule has 0 spiro atoms. The van der Waals surface area contributed by atoms with E-state index in [2.05, 4.69) is 0 Å². The minimum Gasteiger partial charge on any atom is -0.353 e. The molecule has 0 aromatic heterocycles. The Kier molecular flexibility index (Phi) is 6.09. The maximum Gasteiger partial charge on any atom is 0.441 e. The molecule has 12 heteroatoms. The van der Waals surface area contributed by atoms with Crippen LogP contribution in [-0.2, 0) is 10.3 Å². The molecule has 3 nitrogen and oxygen atoms in total. The van der Waals surface area contributed by atoms with Crippen molar-refractivity contribution in [1.82, 2.24) is 5.32 Å². The van der Waals surface area contributed by atoms with Gasteiger partial charge in [0.05, 0.1) is 0 Å². The predicted molar refractivity (Wildman–Crippen MR) is 69.8 cm³/mol. The second-order valence-corrected chi connectivity index (χ2v) is 5.67. The van der Waals surface area contributed by atoms with Gasteiger partial charge in [0.25, 0.3) is 5.91 Å². The maximum absolute atomic E-state index is 13.2. The first-order chi connectivity index (χ1) is 10.8. The zero-order valence-corrected chi connectivity index (χ0v) is 12.4. The van der Waals surface area contributed by atoms with E-state index < -0.39 is 64.4 Å². The molecule has 0 saturated carbocycles. The van der Waals surface area contributed by atoms with Crippen LogP contribution in [0.2, 0.25) is 0 Å². The van der Waals surface area contributed by atoms with Crippen molar-refractivity contribution < 1.29 is 39.9 Å².